The largest absolute Gasteiger partial charge is 0.494 e. The van der Waals surface area contributed by atoms with E-state index >= 15 is 0 Å². The summed E-state index contributed by atoms with van der Waals surface area (Å²) in [7, 11) is 1.48. The van der Waals surface area contributed by atoms with Gasteiger partial charge in [0.15, 0.2) is 0 Å². The van der Waals surface area contributed by atoms with Gasteiger partial charge in [0.05, 0.1) is 12.8 Å². The Hall–Kier alpha value is -2.30. The van der Waals surface area contributed by atoms with Crippen LogP contribution in [0, 0.1) is 11.6 Å². The molecule has 1 N–H and O–H groups in total. The van der Waals surface area contributed by atoms with Crippen molar-refractivity contribution in [2.45, 2.75) is 0 Å². The highest BCUT2D eigenvalue weighted by atomic mass is 19.1. The van der Waals surface area contributed by atoms with Gasteiger partial charge in [-0.3, -0.25) is 0 Å². The molecule has 0 aliphatic rings. The van der Waals surface area contributed by atoms with Gasteiger partial charge in [0.1, 0.15) is 29.7 Å². The summed E-state index contributed by atoms with van der Waals surface area (Å²) in [5.41, 5.74) is 0.691. The minimum Gasteiger partial charge on any atom is -0.494 e. The van der Waals surface area contributed by atoms with Gasteiger partial charge in [-0.05, 0) is 36.4 Å². The third-order valence-corrected chi connectivity index (χ3v) is 2.66. The number of anilines is 1. The topological polar surface area (TPSA) is 30.5 Å². The monoisotopic (exact) mass is 279 g/mol. The van der Waals surface area contributed by atoms with E-state index in [0.29, 0.717) is 30.3 Å². The molecular formula is C15H15F2NO2. The van der Waals surface area contributed by atoms with E-state index in [9.17, 15) is 8.78 Å². The molecule has 0 aliphatic heterocycles. The van der Waals surface area contributed by atoms with Crippen molar-refractivity contribution in [1.29, 1.82) is 0 Å². The van der Waals surface area contributed by atoms with Gasteiger partial charge < -0.3 is 14.8 Å². The second-order valence-corrected chi connectivity index (χ2v) is 4.07. The van der Waals surface area contributed by atoms with Gasteiger partial charge >= 0.3 is 0 Å². The van der Waals surface area contributed by atoms with Crippen LogP contribution < -0.4 is 14.8 Å². The highest BCUT2D eigenvalue weighted by Crippen LogP contribution is 2.24. The van der Waals surface area contributed by atoms with Gasteiger partial charge in [-0.1, -0.05) is 0 Å². The highest BCUT2D eigenvalue weighted by molar-refractivity contribution is 5.56. The van der Waals surface area contributed by atoms with E-state index in [-0.39, 0.29) is 11.6 Å². The average molecular weight is 279 g/mol. The van der Waals surface area contributed by atoms with Crippen LogP contribution >= 0.6 is 0 Å². The Labute approximate surface area is 116 Å². The van der Waals surface area contributed by atoms with Crippen molar-refractivity contribution < 1.29 is 18.3 Å². The number of nitrogens with one attached hydrogen (secondary N) is 1. The van der Waals surface area contributed by atoms with Crippen LogP contribution in [-0.4, -0.2) is 20.3 Å². The molecule has 2 rings (SSSR count). The molecule has 0 unspecified atom stereocenters. The van der Waals surface area contributed by atoms with Crippen LogP contribution in [0.5, 0.6) is 11.5 Å². The fraction of sp³-hybridized carbons (Fsp3) is 0.200. The smallest absolute Gasteiger partial charge is 0.144 e. The summed E-state index contributed by atoms with van der Waals surface area (Å²) < 4.78 is 36.2. The van der Waals surface area contributed by atoms with E-state index in [4.69, 9.17) is 9.47 Å². The zero-order chi connectivity index (χ0) is 14.4. The lowest BCUT2D eigenvalue weighted by molar-refractivity contribution is 0.332. The second kappa shape index (κ2) is 6.75. The molecule has 0 amide bonds. The summed E-state index contributed by atoms with van der Waals surface area (Å²) in [6.07, 6.45) is 0. The quantitative estimate of drug-likeness (QED) is 0.821. The number of ether oxygens (including phenoxy) is 2. The van der Waals surface area contributed by atoms with Crippen LogP contribution in [-0.2, 0) is 0 Å². The molecule has 5 heteroatoms. The number of halogens is 2. The van der Waals surface area contributed by atoms with Gasteiger partial charge in [0.25, 0.3) is 0 Å². The van der Waals surface area contributed by atoms with E-state index in [0.717, 1.165) is 0 Å². The second-order valence-electron chi connectivity index (χ2n) is 4.07. The van der Waals surface area contributed by atoms with E-state index in [2.05, 4.69) is 5.32 Å². The lowest BCUT2D eigenvalue weighted by atomic mass is 10.3. The fourth-order valence-electron chi connectivity index (χ4n) is 1.70. The van der Waals surface area contributed by atoms with Crippen molar-refractivity contribution in [1.82, 2.24) is 0 Å². The Kier molecular flexibility index (Phi) is 4.76. The van der Waals surface area contributed by atoms with Crippen molar-refractivity contribution in [3.8, 4) is 11.5 Å². The molecule has 0 fully saturated rings. The van der Waals surface area contributed by atoms with Gasteiger partial charge in [0, 0.05) is 12.6 Å². The van der Waals surface area contributed by atoms with Crippen molar-refractivity contribution in [2.24, 2.45) is 0 Å². The lowest BCUT2D eigenvalue weighted by Gasteiger charge is -2.12. The van der Waals surface area contributed by atoms with Crippen LogP contribution in [0.2, 0.25) is 0 Å². The zero-order valence-electron chi connectivity index (χ0n) is 11.0. The van der Waals surface area contributed by atoms with Crippen molar-refractivity contribution in [3.05, 3.63) is 54.1 Å². The maximum absolute atomic E-state index is 13.0. The maximum atomic E-state index is 13.0. The van der Waals surface area contributed by atoms with Crippen molar-refractivity contribution in [2.75, 3.05) is 25.6 Å². The maximum Gasteiger partial charge on any atom is 0.144 e. The molecule has 20 heavy (non-hydrogen) atoms. The predicted molar refractivity (Wildman–Crippen MR) is 73.3 cm³/mol. The number of methoxy groups -OCH3 is 1. The van der Waals surface area contributed by atoms with Crippen LogP contribution in [0.25, 0.3) is 0 Å². The lowest BCUT2D eigenvalue weighted by Crippen LogP contribution is -2.12. The molecule has 0 heterocycles. The molecule has 0 saturated heterocycles. The Morgan fingerprint density at radius 3 is 2.40 bits per heavy atom. The summed E-state index contributed by atoms with van der Waals surface area (Å²) in [5.74, 6) is 0.382. The number of benzene rings is 2. The molecule has 0 bridgehead atoms. The van der Waals surface area contributed by atoms with Gasteiger partial charge in [-0.25, -0.2) is 8.78 Å². The van der Waals surface area contributed by atoms with Gasteiger partial charge in [-0.2, -0.15) is 0 Å². The van der Waals surface area contributed by atoms with E-state index in [1.54, 1.807) is 18.2 Å². The Balaban J connectivity index is 1.82. The van der Waals surface area contributed by atoms with E-state index in [1.807, 2.05) is 0 Å². The first-order valence-electron chi connectivity index (χ1n) is 6.15. The normalized spacial score (nSPS) is 10.2. The van der Waals surface area contributed by atoms with E-state index < -0.39 is 0 Å². The Bertz CT molecular complexity index is 558. The average Bonchev–Trinajstić information content (AvgIpc) is 2.46. The molecule has 0 aromatic heterocycles. The molecular weight excluding hydrogens is 264 g/mol. The number of hydrogen-bond acceptors (Lipinski definition) is 3. The van der Waals surface area contributed by atoms with Crippen LogP contribution in [0.15, 0.2) is 42.5 Å². The number of rotatable bonds is 6. The highest BCUT2D eigenvalue weighted by Gasteiger charge is 2.03. The van der Waals surface area contributed by atoms with Gasteiger partial charge in [-0.15, -0.1) is 0 Å². The summed E-state index contributed by atoms with van der Waals surface area (Å²) in [6.45, 7) is 0.908. The first-order chi connectivity index (χ1) is 9.69. The summed E-state index contributed by atoms with van der Waals surface area (Å²) in [5, 5.41) is 3.08. The molecule has 0 aliphatic carbocycles. The van der Waals surface area contributed by atoms with Crippen molar-refractivity contribution >= 4 is 5.69 Å². The molecule has 106 valence electrons. The molecule has 2 aromatic carbocycles. The first kappa shape index (κ1) is 14.1. The van der Waals surface area contributed by atoms with Crippen LogP contribution in [0.3, 0.4) is 0 Å². The minimum absolute atomic E-state index is 0.300. The molecule has 0 spiro atoms. The zero-order valence-corrected chi connectivity index (χ0v) is 11.0. The summed E-state index contributed by atoms with van der Waals surface area (Å²) >= 11 is 0. The molecule has 2 aromatic rings. The third kappa shape index (κ3) is 3.85. The molecule has 3 nitrogen and oxygen atoms in total. The SMILES string of the molecule is COc1cc(F)ccc1NCCOc1ccc(F)cc1. The molecule has 0 radical (unpaired) electrons. The molecule has 0 atom stereocenters. The number of hydrogen-bond donors (Lipinski definition) is 1. The Morgan fingerprint density at radius 2 is 1.70 bits per heavy atom. The predicted octanol–water partition coefficient (Wildman–Crippen LogP) is 3.46. The summed E-state index contributed by atoms with van der Waals surface area (Å²) in [6, 6.07) is 10.1. The fourth-order valence-corrected chi connectivity index (χ4v) is 1.70. The Morgan fingerprint density at radius 1 is 1.00 bits per heavy atom. The minimum atomic E-state index is -0.352. The van der Waals surface area contributed by atoms with E-state index in [1.165, 1.54) is 31.4 Å². The van der Waals surface area contributed by atoms with Crippen molar-refractivity contribution in [3.63, 3.8) is 0 Å². The third-order valence-electron chi connectivity index (χ3n) is 2.66. The van der Waals surface area contributed by atoms with Gasteiger partial charge in [0.2, 0.25) is 0 Å². The standard InChI is InChI=1S/C15H15F2NO2/c1-19-15-10-12(17)4-7-14(15)18-8-9-20-13-5-2-11(16)3-6-13/h2-7,10,18H,8-9H2,1H3. The van der Waals surface area contributed by atoms with Crippen LogP contribution in [0.4, 0.5) is 14.5 Å². The summed E-state index contributed by atoms with van der Waals surface area (Å²) in [4.78, 5) is 0. The van der Waals surface area contributed by atoms with Crippen LogP contribution in [0.1, 0.15) is 0 Å². The first-order valence-corrected chi connectivity index (χ1v) is 6.15. The molecule has 0 saturated carbocycles.